The molecule has 24 heavy (non-hydrogen) atoms. The first kappa shape index (κ1) is 15.7. The molecular weight excluding hydrogens is 304 g/mol. The van der Waals surface area contributed by atoms with Gasteiger partial charge >= 0.3 is 0 Å². The molecule has 1 heterocycles. The Hall–Kier alpha value is -3.15. The number of hydrogen-bond donors (Lipinski definition) is 2. The van der Waals surface area contributed by atoms with Crippen LogP contribution in [0.3, 0.4) is 0 Å². The van der Waals surface area contributed by atoms with Gasteiger partial charge in [0.25, 0.3) is 5.91 Å². The van der Waals surface area contributed by atoms with Crippen LogP contribution in [0, 0.1) is 6.92 Å². The molecule has 0 saturated carbocycles. The number of H-pyrrole nitrogens is 1. The molecule has 0 aliphatic rings. The number of aromatic amines is 1. The van der Waals surface area contributed by atoms with Crippen LogP contribution in [-0.2, 0) is 0 Å². The van der Waals surface area contributed by atoms with Crippen molar-refractivity contribution in [2.75, 3.05) is 5.32 Å². The van der Waals surface area contributed by atoms with Gasteiger partial charge < -0.3 is 10.1 Å². The molecule has 0 aliphatic heterocycles. The monoisotopic (exact) mass is 322 g/mol. The Morgan fingerprint density at radius 3 is 2.67 bits per heavy atom. The van der Waals surface area contributed by atoms with Crippen LogP contribution in [0.15, 0.2) is 54.7 Å². The van der Waals surface area contributed by atoms with Gasteiger partial charge in [0, 0.05) is 5.69 Å². The summed E-state index contributed by atoms with van der Waals surface area (Å²) in [5, 5.41) is 12.6. The van der Waals surface area contributed by atoms with Gasteiger partial charge in [0.2, 0.25) is 0 Å². The average molecular weight is 322 g/mol. The fourth-order valence-corrected chi connectivity index (χ4v) is 2.34. The summed E-state index contributed by atoms with van der Waals surface area (Å²) in [5.41, 5.74) is 2.97. The van der Waals surface area contributed by atoms with Crippen molar-refractivity contribution in [2.24, 2.45) is 0 Å². The van der Waals surface area contributed by atoms with Gasteiger partial charge in [-0.05, 0) is 43.2 Å². The number of rotatable bonds is 5. The van der Waals surface area contributed by atoms with Crippen molar-refractivity contribution in [3.63, 3.8) is 0 Å². The summed E-state index contributed by atoms with van der Waals surface area (Å²) >= 11 is 0. The minimum atomic E-state index is -0.307. The lowest BCUT2D eigenvalue weighted by Crippen LogP contribution is -2.13. The maximum atomic E-state index is 12.0. The summed E-state index contributed by atoms with van der Waals surface area (Å²) < 4.78 is 5.97. The van der Waals surface area contributed by atoms with Gasteiger partial charge in [0.05, 0.1) is 6.20 Å². The van der Waals surface area contributed by atoms with E-state index in [0.29, 0.717) is 5.69 Å². The van der Waals surface area contributed by atoms with Crippen LogP contribution in [0.5, 0.6) is 5.75 Å². The molecule has 0 fully saturated rings. The summed E-state index contributed by atoms with van der Waals surface area (Å²) in [4.78, 5) is 12.0. The maximum Gasteiger partial charge on any atom is 0.277 e. The summed E-state index contributed by atoms with van der Waals surface area (Å²) in [5.74, 6) is 0.446. The highest BCUT2D eigenvalue weighted by Crippen LogP contribution is 2.26. The number of aromatic nitrogens is 3. The number of amides is 1. The Bertz CT molecular complexity index is 816. The third-order valence-electron chi connectivity index (χ3n) is 3.68. The van der Waals surface area contributed by atoms with Crippen molar-refractivity contribution in [2.45, 2.75) is 20.0 Å². The number of ether oxygens (including phenoxy) is 1. The second-order valence-electron chi connectivity index (χ2n) is 5.46. The molecule has 0 saturated heterocycles. The second-order valence-corrected chi connectivity index (χ2v) is 5.46. The Labute approximate surface area is 139 Å². The molecular formula is C18H18N4O2. The zero-order valence-electron chi connectivity index (χ0n) is 13.5. The van der Waals surface area contributed by atoms with Gasteiger partial charge in [-0.25, -0.2) is 0 Å². The predicted molar refractivity (Wildman–Crippen MR) is 91.0 cm³/mol. The van der Waals surface area contributed by atoms with Crippen LogP contribution in [0.1, 0.15) is 34.6 Å². The molecule has 0 aliphatic carbocycles. The van der Waals surface area contributed by atoms with Crippen molar-refractivity contribution < 1.29 is 9.53 Å². The predicted octanol–water partition coefficient (Wildman–Crippen LogP) is 3.51. The first-order valence-electron chi connectivity index (χ1n) is 7.63. The Kier molecular flexibility index (Phi) is 4.56. The number of nitrogens with one attached hydrogen (secondary N) is 2. The van der Waals surface area contributed by atoms with Gasteiger partial charge in [-0.15, -0.1) is 0 Å². The maximum absolute atomic E-state index is 12.0. The van der Waals surface area contributed by atoms with Gasteiger partial charge in [-0.2, -0.15) is 15.4 Å². The van der Waals surface area contributed by atoms with E-state index in [2.05, 4.69) is 20.7 Å². The highest BCUT2D eigenvalue weighted by Gasteiger charge is 2.12. The van der Waals surface area contributed by atoms with Crippen molar-refractivity contribution >= 4 is 11.6 Å². The van der Waals surface area contributed by atoms with E-state index in [1.165, 1.54) is 6.20 Å². The lowest BCUT2D eigenvalue weighted by molar-refractivity contribution is 0.102. The summed E-state index contributed by atoms with van der Waals surface area (Å²) in [7, 11) is 0. The number of hydrogen-bond acceptors (Lipinski definition) is 4. The summed E-state index contributed by atoms with van der Waals surface area (Å²) in [6.45, 7) is 3.92. The highest BCUT2D eigenvalue weighted by molar-refractivity contribution is 6.03. The summed E-state index contributed by atoms with van der Waals surface area (Å²) in [6, 6.07) is 15.6. The number of nitrogens with zero attached hydrogens (tertiary/aromatic N) is 2. The van der Waals surface area contributed by atoms with Crippen LogP contribution < -0.4 is 10.1 Å². The van der Waals surface area contributed by atoms with E-state index >= 15 is 0 Å². The quantitative estimate of drug-likeness (QED) is 0.753. The molecule has 1 amide bonds. The van der Waals surface area contributed by atoms with Crippen LogP contribution in [0.4, 0.5) is 5.69 Å². The SMILES string of the molecule is Cc1cc(O[C@H](C)c2ccccc2)ccc1NC(=O)c1cn[nH]n1. The Morgan fingerprint density at radius 2 is 2.00 bits per heavy atom. The number of anilines is 1. The zero-order valence-corrected chi connectivity index (χ0v) is 13.5. The van der Waals surface area contributed by atoms with Gasteiger partial charge in [-0.3, -0.25) is 4.79 Å². The van der Waals surface area contributed by atoms with E-state index in [4.69, 9.17) is 4.74 Å². The highest BCUT2D eigenvalue weighted by atomic mass is 16.5. The molecule has 1 aromatic heterocycles. The molecule has 3 rings (SSSR count). The van der Waals surface area contributed by atoms with E-state index < -0.39 is 0 Å². The molecule has 0 unspecified atom stereocenters. The van der Waals surface area contributed by atoms with Crippen molar-refractivity contribution in [3.05, 3.63) is 71.5 Å². The largest absolute Gasteiger partial charge is 0.486 e. The van der Waals surface area contributed by atoms with E-state index in [1.807, 2.05) is 62.4 Å². The fraction of sp³-hybridized carbons (Fsp3) is 0.167. The fourth-order valence-electron chi connectivity index (χ4n) is 2.34. The third-order valence-corrected chi connectivity index (χ3v) is 3.68. The first-order valence-corrected chi connectivity index (χ1v) is 7.63. The van der Waals surface area contributed by atoms with Crippen LogP contribution >= 0.6 is 0 Å². The van der Waals surface area contributed by atoms with Crippen molar-refractivity contribution in [3.8, 4) is 5.75 Å². The smallest absolute Gasteiger partial charge is 0.277 e. The molecule has 1 atom stereocenters. The minimum Gasteiger partial charge on any atom is -0.486 e. The van der Waals surface area contributed by atoms with Gasteiger partial charge in [0.1, 0.15) is 11.9 Å². The molecule has 2 aromatic carbocycles. The lowest BCUT2D eigenvalue weighted by atomic mass is 10.1. The summed E-state index contributed by atoms with van der Waals surface area (Å²) in [6.07, 6.45) is 1.32. The molecule has 6 heteroatoms. The van der Waals surface area contributed by atoms with Gasteiger partial charge in [-0.1, -0.05) is 30.3 Å². The molecule has 6 nitrogen and oxygen atoms in total. The Balaban J connectivity index is 1.69. The van der Waals surface area contributed by atoms with E-state index in [9.17, 15) is 4.79 Å². The standard InChI is InChI=1S/C18H18N4O2/c1-12-10-15(24-13(2)14-6-4-3-5-7-14)8-9-16(12)20-18(23)17-11-19-22-21-17/h3-11,13H,1-2H3,(H,20,23)(H,19,21,22)/t13-/m1/s1. The molecule has 0 spiro atoms. The van der Waals surface area contributed by atoms with Crippen LogP contribution in [0.2, 0.25) is 0 Å². The lowest BCUT2D eigenvalue weighted by Gasteiger charge is -2.16. The molecule has 0 bridgehead atoms. The Morgan fingerprint density at radius 1 is 1.21 bits per heavy atom. The third kappa shape index (κ3) is 3.60. The second kappa shape index (κ2) is 6.95. The molecule has 2 N–H and O–H groups in total. The van der Waals surface area contributed by atoms with E-state index in [1.54, 1.807) is 0 Å². The number of benzene rings is 2. The molecule has 122 valence electrons. The van der Waals surface area contributed by atoms with Crippen molar-refractivity contribution in [1.82, 2.24) is 15.4 Å². The number of carbonyl (C=O) groups is 1. The van der Waals surface area contributed by atoms with Gasteiger partial charge in [0.15, 0.2) is 5.69 Å². The molecule has 0 radical (unpaired) electrons. The first-order chi connectivity index (χ1) is 11.6. The van der Waals surface area contributed by atoms with Crippen LogP contribution in [0.25, 0.3) is 0 Å². The van der Waals surface area contributed by atoms with E-state index in [0.717, 1.165) is 16.9 Å². The number of aryl methyl sites for hydroxylation is 1. The van der Waals surface area contributed by atoms with E-state index in [-0.39, 0.29) is 17.7 Å². The topological polar surface area (TPSA) is 79.9 Å². The zero-order chi connectivity index (χ0) is 16.9. The minimum absolute atomic E-state index is 0.0545. The normalized spacial score (nSPS) is 11.8. The number of carbonyl (C=O) groups excluding carboxylic acids is 1. The average Bonchev–Trinajstić information content (AvgIpc) is 3.13. The van der Waals surface area contributed by atoms with Crippen LogP contribution in [-0.4, -0.2) is 21.3 Å². The van der Waals surface area contributed by atoms with Crippen molar-refractivity contribution in [1.29, 1.82) is 0 Å². The molecule has 3 aromatic rings.